The fourth-order valence-electron chi connectivity index (χ4n) is 0.922. The van der Waals surface area contributed by atoms with E-state index in [4.69, 9.17) is 11.5 Å². The third kappa shape index (κ3) is 9.14. The maximum Gasteiger partial charge on any atom is 0.108 e. The third-order valence-electron chi connectivity index (χ3n) is 1.75. The predicted octanol–water partition coefficient (Wildman–Crippen LogP) is 6.71. The fourth-order valence-corrected chi connectivity index (χ4v) is 0.922. The molecule has 0 saturated carbocycles. The van der Waals surface area contributed by atoms with Crippen LogP contribution in [0.15, 0.2) is 48.5 Å². The van der Waals surface area contributed by atoms with Crippen molar-refractivity contribution in [3.63, 3.8) is 0 Å². The molecule has 0 amide bonds. The zero-order valence-corrected chi connectivity index (χ0v) is 14.9. The van der Waals surface area contributed by atoms with Crippen LogP contribution in [-0.4, -0.2) is 0 Å². The summed E-state index contributed by atoms with van der Waals surface area (Å²) >= 11 is 6.56. The molecular weight excluding hydrogens is 565 g/mol. The van der Waals surface area contributed by atoms with Crippen molar-refractivity contribution in [2.24, 2.45) is 0 Å². The van der Waals surface area contributed by atoms with Gasteiger partial charge in [-0.15, -0.1) is 11.4 Å². The van der Waals surface area contributed by atoms with Crippen LogP contribution in [0.5, 0.6) is 0 Å². The molecule has 106 valence electrons. The number of hydrogen-bond acceptors (Lipinski definition) is 0. The first kappa shape index (κ1) is 18.5. The van der Waals surface area contributed by atoms with Crippen molar-refractivity contribution in [3.05, 3.63) is 71.6 Å². The van der Waals surface area contributed by atoms with E-state index in [0.717, 1.165) is 0 Å². The summed E-state index contributed by atoms with van der Waals surface area (Å²) in [7, 11) is 0. The first-order valence-electron chi connectivity index (χ1n) is 4.77. The van der Waals surface area contributed by atoms with Crippen LogP contribution in [0, 0.1) is 11.6 Å². The van der Waals surface area contributed by atoms with Crippen LogP contribution in [0.25, 0.3) is 11.5 Å². The van der Waals surface area contributed by atoms with Gasteiger partial charge in [0.05, 0.1) is 0 Å². The molecule has 2 N–H and O–H groups in total. The topological polar surface area (TPSA) is 47.6 Å². The van der Waals surface area contributed by atoms with Gasteiger partial charge in [0.2, 0.25) is 0 Å². The van der Waals surface area contributed by atoms with Gasteiger partial charge in [-0.3, -0.25) is 0 Å². The summed E-state index contributed by atoms with van der Waals surface area (Å²) in [6, 6.07) is 11.7. The van der Waals surface area contributed by atoms with Gasteiger partial charge >= 0.3 is 41.0 Å². The van der Waals surface area contributed by atoms with E-state index < -0.39 is 11.6 Å². The molecule has 0 aliphatic rings. The van der Waals surface area contributed by atoms with E-state index in [1.165, 1.54) is 24.3 Å². The number of hydrogen-bond donors (Lipinski definition) is 0. The number of nitrogens with one attached hydrogen (secondary N) is 2. The van der Waals surface area contributed by atoms with Crippen LogP contribution in [-0.2, 0) is 14.5 Å². The zero-order valence-electron chi connectivity index (χ0n) is 9.45. The minimum absolute atomic E-state index is 0.0486. The molecule has 0 bridgehead atoms. The smallest absolute Gasteiger partial charge is 0.108 e. The van der Waals surface area contributed by atoms with Gasteiger partial charge in [-0.2, -0.15) is 0 Å². The van der Waals surface area contributed by atoms with E-state index in [2.05, 4.69) is 26.6 Å². The van der Waals surface area contributed by atoms with Gasteiger partial charge in [-0.25, -0.2) is 8.78 Å². The first-order valence-corrected chi connectivity index (χ1v) is 14.7. The van der Waals surface area contributed by atoms with E-state index in [1.54, 1.807) is 24.3 Å². The summed E-state index contributed by atoms with van der Waals surface area (Å²) in [6.45, 7) is 0. The molecule has 2 aromatic rings. The molecule has 0 heterocycles. The quantitative estimate of drug-likeness (QED) is 0.336. The van der Waals surface area contributed by atoms with Crippen molar-refractivity contribution < 1.29 is 23.2 Å². The maximum absolute atomic E-state index is 12.1. The van der Waals surface area contributed by atoms with Crippen LogP contribution in [0.3, 0.4) is 0 Å². The van der Waals surface area contributed by atoms with E-state index in [1.807, 2.05) is 0 Å². The Kier molecular flexibility index (Phi) is 11.1. The van der Waals surface area contributed by atoms with Gasteiger partial charge in [0.15, 0.2) is 0 Å². The van der Waals surface area contributed by atoms with Crippen LogP contribution in [0.4, 0.5) is 20.2 Å². The molecule has 2 rings (SSSR count). The summed E-state index contributed by atoms with van der Waals surface area (Å²) in [6.07, 6.45) is 0. The van der Waals surface area contributed by atoms with Crippen molar-refractivity contribution in [2.45, 2.75) is 0 Å². The second-order valence-electron chi connectivity index (χ2n) is 3.00. The van der Waals surface area contributed by atoms with Crippen LogP contribution >= 0.6 is 26.6 Å². The van der Waals surface area contributed by atoms with Gasteiger partial charge in [0.25, 0.3) is 0 Å². The first-order chi connectivity index (χ1) is 9.02. The SMILES string of the molecule is [Br][Pt+2][Br].[NH-]c1ccccc1F.[NH-]c1ccccc1F. The van der Waals surface area contributed by atoms with Crippen molar-refractivity contribution in [2.75, 3.05) is 0 Å². The Balaban J connectivity index is 0.000000284. The van der Waals surface area contributed by atoms with Crippen LogP contribution < -0.4 is 0 Å². The van der Waals surface area contributed by atoms with Gasteiger partial charge in [-0.1, -0.05) is 36.4 Å². The molecule has 0 aliphatic heterocycles. The molecule has 0 saturated heterocycles. The molecule has 7 heteroatoms. The number of benzene rings is 2. The van der Waals surface area contributed by atoms with Crippen molar-refractivity contribution >= 4 is 38.0 Å². The Bertz CT molecular complexity index is 401. The number of rotatable bonds is 0. The van der Waals surface area contributed by atoms with Crippen molar-refractivity contribution in [1.29, 1.82) is 0 Å². The van der Waals surface area contributed by atoms with E-state index in [0.29, 0.717) is 0 Å². The molecule has 19 heavy (non-hydrogen) atoms. The normalized spacial score (nSPS) is 8.84. The Labute approximate surface area is 132 Å². The summed E-state index contributed by atoms with van der Waals surface area (Å²) in [4.78, 5) is 0. The Morgan fingerprint density at radius 1 is 0.737 bits per heavy atom. The largest absolute Gasteiger partial charge is 0.696 e. The standard InChI is InChI=1S/2C6H5FN.2BrH.Pt/c2*7-5-3-1-2-4-6(5)8;;;/h2*1-4,8H;2*1H;/q2*-1;;;+4/p-2. The molecule has 2 aromatic carbocycles. The summed E-state index contributed by atoms with van der Waals surface area (Å²) in [5.74, 6) is -0.931. The van der Waals surface area contributed by atoms with Crippen molar-refractivity contribution in [3.8, 4) is 0 Å². The molecule has 2 nitrogen and oxygen atoms in total. The number of halogens is 4. The minimum Gasteiger partial charge on any atom is -0.696 e. The maximum atomic E-state index is 12.1. The van der Waals surface area contributed by atoms with E-state index >= 15 is 0 Å². The third-order valence-corrected chi connectivity index (χ3v) is 1.75. The Morgan fingerprint density at radius 2 is 1.00 bits per heavy atom. The van der Waals surface area contributed by atoms with E-state index in [-0.39, 0.29) is 25.8 Å². The molecule has 0 fully saturated rings. The summed E-state index contributed by atoms with van der Waals surface area (Å²) in [5, 5.41) is 0. The monoisotopic (exact) mass is 573 g/mol. The van der Waals surface area contributed by atoms with Crippen molar-refractivity contribution in [1.82, 2.24) is 0 Å². The Hall–Kier alpha value is -0.452. The fraction of sp³-hybridized carbons (Fsp3) is 0. The average Bonchev–Trinajstić information content (AvgIpc) is 2.38. The second kappa shape index (κ2) is 11.4. The van der Waals surface area contributed by atoms with E-state index in [9.17, 15) is 8.78 Å². The van der Waals surface area contributed by atoms with Gasteiger partial charge in [0, 0.05) is 0 Å². The minimum atomic E-state index is -0.465. The van der Waals surface area contributed by atoms with Gasteiger partial charge in [-0.05, 0) is 12.1 Å². The van der Waals surface area contributed by atoms with Crippen LogP contribution in [0.1, 0.15) is 0 Å². The molecule has 0 spiro atoms. The molecule has 0 atom stereocenters. The average molecular weight is 575 g/mol. The molecule has 0 aromatic heterocycles. The molecule has 0 radical (unpaired) electrons. The second-order valence-corrected chi connectivity index (χ2v) is 12.9. The van der Waals surface area contributed by atoms with Gasteiger partial charge < -0.3 is 11.5 Å². The molecule has 0 aliphatic carbocycles. The molecule has 0 unspecified atom stereocenters. The molecular formula is C12H10Br2F2N2Pt. The predicted molar refractivity (Wildman–Crippen MR) is 78.6 cm³/mol. The van der Waals surface area contributed by atoms with Crippen LogP contribution in [0.2, 0.25) is 0 Å². The van der Waals surface area contributed by atoms with Gasteiger partial charge in [0.1, 0.15) is 11.6 Å². The summed E-state index contributed by atoms with van der Waals surface area (Å²) < 4.78 is 24.3. The zero-order chi connectivity index (χ0) is 14.7. The summed E-state index contributed by atoms with van der Waals surface area (Å²) in [5.41, 5.74) is 13.6. The Morgan fingerprint density at radius 3 is 1.16 bits per heavy atom.